The molecule has 1 spiro atoms. The van der Waals surface area contributed by atoms with Crippen molar-refractivity contribution in [1.29, 1.82) is 0 Å². The van der Waals surface area contributed by atoms with E-state index in [2.05, 4.69) is 5.32 Å². The highest BCUT2D eigenvalue weighted by atomic mass is 19.3. The molecule has 64 valence electrons. The van der Waals surface area contributed by atoms with Crippen molar-refractivity contribution in [2.24, 2.45) is 0 Å². The molecule has 2 fully saturated rings. The highest BCUT2D eigenvalue weighted by Gasteiger charge is 2.59. The summed E-state index contributed by atoms with van der Waals surface area (Å²) in [5, 5.41) is 2.82. The Bertz CT molecular complexity index is 168. The zero-order valence-corrected chi connectivity index (χ0v) is 6.20. The summed E-state index contributed by atoms with van der Waals surface area (Å²) >= 11 is 0. The molecule has 2 nitrogen and oxygen atoms in total. The van der Waals surface area contributed by atoms with E-state index in [0.29, 0.717) is 26.1 Å². The van der Waals surface area contributed by atoms with E-state index in [4.69, 9.17) is 4.74 Å². The van der Waals surface area contributed by atoms with Gasteiger partial charge in [0, 0.05) is 26.1 Å². The Balaban J connectivity index is 2.15. The molecule has 2 rings (SSSR count). The zero-order valence-electron chi connectivity index (χ0n) is 6.20. The van der Waals surface area contributed by atoms with E-state index in [1.54, 1.807) is 0 Å². The van der Waals surface area contributed by atoms with E-state index in [1.165, 1.54) is 0 Å². The number of alkyl halides is 2. The second-order valence-electron chi connectivity index (χ2n) is 3.25. The van der Waals surface area contributed by atoms with Crippen molar-refractivity contribution < 1.29 is 13.5 Å². The van der Waals surface area contributed by atoms with Crippen molar-refractivity contribution in [3.05, 3.63) is 0 Å². The molecule has 1 N–H and O–H groups in total. The molecule has 0 unspecified atom stereocenters. The minimum absolute atomic E-state index is 0.0192. The number of hydrogen-bond acceptors (Lipinski definition) is 2. The fourth-order valence-corrected chi connectivity index (χ4v) is 1.61. The van der Waals surface area contributed by atoms with E-state index in [1.807, 2.05) is 0 Å². The quantitative estimate of drug-likeness (QED) is 0.569. The summed E-state index contributed by atoms with van der Waals surface area (Å²) in [6, 6.07) is 0. The van der Waals surface area contributed by atoms with Crippen LogP contribution in [0.5, 0.6) is 0 Å². The Morgan fingerprint density at radius 2 is 2.00 bits per heavy atom. The smallest absolute Gasteiger partial charge is 0.279 e. The Kier molecular flexibility index (Phi) is 1.44. The second-order valence-corrected chi connectivity index (χ2v) is 3.25. The third-order valence-corrected chi connectivity index (χ3v) is 2.50. The maximum Gasteiger partial charge on any atom is 0.279 e. The molecule has 0 aromatic rings. The molecule has 2 aliphatic heterocycles. The standard InChI is InChI=1S/C7H11F2NO/c8-7(9)2-1-3-11-6(7)4-10-5-6/h10H,1-5H2. The van der Waals surface area contributed by atoms with Gasteiger partial charge < -0.3 is 10.1 Å². The lowest BCUT2D eigenvalue weighted by Crippen LogP contribution is -2.71. The highest BCUT2D eigenvalue weighted by molar-refractivity contribution is 5.06. The van der Waals surface area contributed by atoms with E-state index in [9.17, 15) is 8.78 Å². The molecular weight excluding hydrogens is 152 g/mol. The van der Waals surface area contributed by atoms with Gasteiger partial charge in [0.15, 0.2) is 5.60 Å². The van der Waals surface area contributed by atoms with E-state index in [0.717, 1.165) is 0 Å². The molecule has 2 saturated heterocycles. The molecule has 0 amide bonds. The molecule has 0 aliphatic carbocycles. The number of halogens is 2. The minimum Gasteiger partial charge on any atom is -0.366 e. The molecular formula is C7H11F2NO. The average molecular weight is 163 g/mol. The Hall–Kier alpha value is -0.220. The molecule has 2 heterocycles. The fraction of sp³-hybridized carbons (Fsp3) is 1.00. The van der Waals surface area contributed by atoms with E-state index in [-0.39, 0.29) is 6.42 Å². The first-order valence-electron chi connectivity index (χ1n) is 3.89. The lowest BCUT2D eigenvalue weighted by atomic mass is 9.84. The monoisotopic (exact) mass is 163 g/mol. The minimum atomic E-state index is -2.61. The van der Waals surface area contributed by atoms with Crippen LogP contribution in [0.3, 0.4) is 0 Å². The SMILES string of the molecule is FC1(F)CCCOC12CNC2. The predicted molar refractivity (Wildman–Crippen MR) is 35.7 cm³/mol. The fourth-order valence-electron chi connectivity index (χ4n) is 1.61. The molecule has 0 saturated carbocycles. The lowest BCUT2D eigenvalue weighted by molar-refractivity contribution is -0.256. The summed E-state index contributed by atoms with van der Waals surface area (Å²) in [5.41, 5.74) is -1.15. The van der Waals surface area contributed by atoms with Gasteiger partial charge in [-0.25, -0.2) is 8.78 Å². The van der Waals surface area contributed by atoms with Crippen molar-refractivity contribution in [3.63, 3.8) is 0 Å². The van der Waals surface area contributed by atoms with E-state index < -0.39 is 11.5 Å². The molecule has 4 heteroatoms. The number of hydrogen-bond donors (Lipinski definition) is 1. The van der Waals surface area contributed by atoms with Gasteiger partial charge in [-0.2, -0.15) is 0 Å². The van der Waals surface area contributed by atoms with Gasteiger partial charge in [-0.1, -0.05) is 0 Å². The molecule has 0 atom stereocenters. The van der Waals surface area contributed by atoms with Crippen LogP contribution in [0.4, 0.5) is 8.78 Å². The second kappa shape index (κ2) is 2.14. The van der Waals surface area contributed by atoms with Gasteiger partial charge in [0.2, 0.25) is 0 Å². The molecule has 0 bridgehead atoms. The van der Waals surface area contributed by atoms with Gasteiger partial charge >= 0.3 is 0 Å². The van der Waals surface area contributed by atoms with Gasteiger partial charge in [-0.05, 0) is 6.42 Å². The van der Waals surface area contributed by atoms with Gasteiger partial charge in [-0.3, -0.25) is 0 Å². The summed E-state index contributed by atoms with van der Waals surface area (Å²) in [7, 11) is 0. The van der Waals surface area contributed by atoms with Crippen molar-refractivity contribution in [2.75, 3.05) is 19.7 Å². The van der Waals surface area contributed by atoms with Crippen LogP contribution in [-0.4, -0.2) is 31.2 Å². The van der Waals surface area contributed by atoms with Crippen LogP contribution in [0.25, 0.3) is 0 Å². The predicted octanol–water partition coefficient (Wildman–Crippen LogP) is 0.774. The van der Waals surface area contributed by atoms with Crippen LogP contribution in [0.1, 0.15) is 12.8 Å². The Morgan fingerprint density at radius 1 is 1.27 bits per heavy atom. The third kappa shape index (κ3) is 0.891. The number of nitrogens with one attached hydrogen (secondary N) is 1. The normalized spacial score (nSPS) is 33.3. The first kappa shape index (κ1) is 7.43. The van der Waals surface area contributed by atoms with Crippen molar-refractivity contribution in [2.45, 2.75) is 24.4 Å². The van der Waals surface area contributed by atoms with Crippen molar-refractivity contribution >= 4 is 0 Å². The molecule has 11 heavy (non-hydrogen) atoms. The molecule has 0 aromatic heterocycles. The summed E-state index contributed by atoms with van der Waals surface area (Å²) < 4.78 is 31.4. The topological polar surface area (TPSA) is 21.3 Å². The first-order chi connectivity index (χ1) is 5.16. The maximum atomic E-state index is 13.1. The highest BCUT2D eigenvalue weighted by Crippen LogP contribution is 2.41. The third-order valence-electron chi connectivity index (χ3n) is 2.50. The number of ether oxygens (including phenoxy) is 1. The van der Waals surface area contributed by atoms with Crippen LogP contribution in [0.2, 0.25) is 0 Å². The largest absolute Gasteiger partial charge is 0.366 e. The maximum absolute atomic E-state index is 13.1. The van der Waals surface area contributed by atoms with Crippen molar-refractivity contribution in [1.82, 2.24) is 5.32 Å². The van der Waals surface area contributed by atoms with Crippen LogP contribution in [0, 0.1) is 0 Å². The summed E-state index contributed by atoms with van der Waals surface area (Å²) in [4.78, 5) is 0. The Labute approximate surface area is 63.9 Å². The van der Waals surface area contributed by atoms with Crippen LogP contribution < -0.4 is 5.32 Å². The van der Waals surface area contributed by atoms with Gasteiger partial charge in [0.25, 0.3) is 5.92 Å². The van der Waals surface area contributed by atoms with Crippen molar-refractivity contribution in [3.8, 4) is 0 Å². The summed E-state index contributed by atoms with van der Waals surface area (Å²) in [5.74, 6) is -2.61. The molecule has 0 radical (unpaired) electrons. The first-order valence-corrected chi connectivity index (χ1v) is 3.89. The van der Waals surface area contributed by atoms with Crippen LogP contribution in [-0.2, 0) is 4.74 Å². The molecule has 2 aliphatic rings. The lowest BCUT2D eigenvalue weighted by Gasteiger charge is -2.49. The number of rotatable bonds is 0. The van der Waals surface area contributed by atoms with Gasteiger partial charge in [0.1, 0.15) is 0 Å². The Morgan fingerprint density at radius 3 is 2.36 bits per heavy atom. The summed E-state index contributed by atoms with van der Waals surface area (Å²) in [6.07, 6.45) is 0.462. The zero-order chi connectivity index (χ0) is 7.95. The summed E-state index contributed by atoms with van der Waals surface area (Å²) in [6.45, 7) is 1.09. The molecule has 0 aromatic carbocycles. The van der Waals surface area contributed by atoms with Crippen LogP contribution in [0.15, 0.2) is 0 Å². The van der Waals surface area contributed by atoms with Gasteiger partial charge in [-0.15, -0.1) is 0 Å². The van der Waals surface area contributed by atoms with Crippen LogP contribution >= 0.6 is 0 Å². The van der Waals surface area contributed by atoms with E-state index >= 15 is 0 Å². The van der Waals surface area contributed by atoms with Gasteiger partial charge in [0.05, 0.1) is 0 Å². The average Bonchev–Trinajstić information content (AvgIpc) is 1.83.